The van der Waals surface area contributed by atoms with Gasteiger partial charge in [0.15, 0.2) is 0 Å². The van der Waals surface area contributed by atoms with Crippen molar-refractivity contribution < 1.29 is 18.9 Å². The summed E-state index contributed by atoms with van der Waals surface area (Å²) in [5.41, 5.74) is 2.58. The number of benzene rings is 2. The molecule has 4 rings (SSSR count). The largest absolute Gasteiger partial charge is 0.496 e. The van der Waals surface area contributed by atoms with E-state index in [2.05, 4.69) is 34.1 Å². The fourth-order valence-corrected chi connectivity index (χ4v) is 4.81. The van der Waals surface area contributed by atoms with E-state index in [1.165, 1.54) is 21.9 Å². The van der Waals surface area contributed by atoms with Crippen molar-refractivity contribution >= 4 is 10.8 Å². The molecule has 2 fully saturated rings. The SMILES string of the molecule is COc1cc2cc(OC)c(CCCN3CCOCC3)cc2cc1CCCN1CCOCC1. The summed E-state index contributed by atoms with van der Waals surface area (Å²) >= 11 is 0. The minimum absolute atomic E-state index is 0.857. The summed E-state index contributed by atoms with van der Waals surface area (Å²) < 4.78 is 22.4. The molecule has 2 aromatic carbocycles. The third kappa shape index (κ3) is 6.13. The zero-order valence-corrected chi connectivity index (χ0v) is 19.7. The van der Waals surface area contributed by atoms with Crippen LogP contribution in [0.3, 0.4) is 0 Å². The second-order valence-corrected chi connectivity index (χ2v) is 8.79. The van der Waals surface area contributed by atoms with E-state index in [0.717, 1.165) is 103 Å². The molecule has 0 radical (unpaired) electrons. The van der Waals surface area contributed by atoms with Crippen molar-refractivity contribution in [2.24, 2.45) is 0 Å². The molecule has 6 heteroatoms. The van der Waals surface area contributed by atoms with Gasteiger partial charge in [0.2, 0.25) is 0 Å². The molecule has 2 heterocycles. The van der Waals surface area contributed by atoms with Gasteiger partial charge in [-0.3, -0.25) is 9.80 Å². The number of methoxy groups -OCH3 is 2. The Hall–Kier alpha value is -1.86. The highest BCUT2D eigenvalue weighted by Crippen LogP contribution is 2.32. The van der Waals surface area contributed by atoms with Crippen LogP contribution in [0.1, 0.15) is 24.0 Å². The Labute approximate surface area is 192 Å². The van der Waals surface area contributed by atoms with Crippen LogP contribution in [0.25, 0.3) is 10.8 Å². The van der Waals surface area contributed by atoms with Crippen LogP contribution < -0.4 is 9.47 Å². The Kier molecular flexibility index (Phi) is 8.62. The number of nitrogens with zero attached hydrogens (tertiary/aromatic N) is 2. The molecule has 2 aliphatic heterocycles. The lowest BCUT2D eigenvalue weighted by molar-refractivity contribution is 0.0374. The third-order valence-corrected chi connectivity index (χ3v) is 6.69. The molecule has 6 nitrogen and oxygen atoms in total. The van der Waals surface area contributed by atoms with Gasteiger partial charge in [0.25, 0.3) is 0 Å². The van der Waals surface area contributed by atoms with Gasteiger partial charge in [0.1, 0.15) is 11.5 Å². The molecule has 0 aliphatic carbocycles. The van der Waals surface area contributed by atoms with Crippen LogP contribution in [0.15, 0.2) is 24.3 Å². The summed E-state index contributed by atoms with van der Waals surface area (Å²) in [6, 6.07) is 8.97. The Morgan fingerprint density at radius 3 is 1.47 bits per heavy atom. The second-order valence-electron chi connectivity index (χ2n) is 8.79. The second kappa shape index (κ2) is 11.8. The highest BCUT2D eigenvalue weighted by atomic mass is 16.5. The number of ether oxygens (including phenoxy) is 4. The van der Waals surface area contributed by atoms with Crippen molar-refractivity contribution in [3.8, 4) is 11.5 Å². The first-order valence-corrected chi connectivity index (χ1v) is 12.0. The molecule has 0 aromatic heterocycles. The molecular formula is C26H38N2O4. The van der Waals surface area contributed by atoms with Gasteiger partial charge in [-0.05, 0) is 84.9 Å². The molecule has 0 spiro atoms. The van der Waals surface area contributed by atoms with E-state index in [-0.39, 0.29) is 0 Å². The summed E-state index contributed by atoms with van der Waals surface area (Å²) in [6.07, 6.45) is 4.30. The number of aryl methyl sites for hydroxylation is 2. The van der Waals surface area contributed by atoms with E-state index < -0.39 is 0 Å². The minimum Gasteiger partial charge on any atom is -0.496 e. The van der Waals surface area contributed by atoms with Crippen molar-refractivity contribution in [2.75, 3.05) is 79.9 Å². The number of fused-ring (bicyclic) bond motifs is 1. The molecule has 0 amide bonds. The summed E-state index contributed by atoms with van der Waals surface area (Å²) in [4.78, 5) is 4.99. The monoisotopic (exact) mass is 442 g/mol. The third-order valence-electron chi connectivity index (χ3n) is 6.69. The lowest BCUT2D eigenvalue weighted by Gasteiger charge is -2.26. The van der Waals surface area contributed by atoms with Gasteiger partial charge in [0.05, 0.1) is 40.6 Å². The van der Waals surface area contributed by atoms with E-state index in [9.17, 15) is 0 Å². The van der Waals surface area contributed by atoms with E-state index in [0.29, 0.717) is 0 Å². The normalized spacial score (nSPS) is 18.2. The first-order chi connectivity index (χ1) is 15.8. The average molecular weight is 443 g/mol. The number of hydrogen-bond acceptors (Lipinski definition) is 6. The maximum absolute atomic E-state index is 5.74. The molecule has 2 aliphatic rings. The Bertz CT molecular complexity index is 794. The zero-order chi connectivity index (χ0) is 22.2. The number of morpholine rings is 2. The lowest BCUT2D eigenvalue weighted by atomic mass is 9.98. The summed E-state index contributed by atoms with van der Waals surface area (Å²) in [7, 11) is 3.54. The van der Waals surface area contributed by atoms with Crippen LogP contribution in [0.5, 0.6) is 11.5 Å². The molecular weight excluding hydrogens is 404 g/mol. The lowest BCUT2D eigenvalue weighted by Crippen LogP contribution is -2.36. The highest BCUT2D eigenvalue weighted by molar-refractivity contribution is 5.87. The fourth-order valence-electron chi connectivity index (χ4n) is 4.81. The first kappa shape index (κ1) is 23.3. The maximum atomic E-state index is 5.74. The molecule has 0 N–H and O–H groups in total. The molecule has 176 valence electrons. The van der Waals surface area contributed by atoms with Crippen LogP contribution in [0.2, 0.25) is 0 Å². The van der Waals surface area contributed by atoms with Crippen LogP contribution in [0.4, 0.5) is 0 Å². The fraction of sp³-hybridized carbons (Fsp3) is 0.615. The summed E-state index contributed by atoms with van der Waals surface area (Å²) in [5.74, 6) is 1.95. The Morgan fingerprint density at radius 1 is 0.656 bits per heavy atom. The predicted octanol–water partition coefficient (Wildman–Crippen LogP) is 3.39. The summed E-state index contributed by atoms with van der Waals surface area (Å²) in [5, 5.41) is 2.45. The van der Waals surface area contributed by atoms with Crippen LogP contribution in [-0.4, -0.2) is 89.7 Å². The van der Waals surface area contributed by atoms with Gasteiger partial charge >= 0.3 is 0 Å². The van der Waals surface area contributed by atoms with E-state index in [1.54, 1.807) is 14.2 Å². The molecule has 0 bridgehead atoms. The van der Waals surface area contributed by atoms with Gasteiger partial charge in [-0.15, -0.1) is 0 Å². The minimum atomic E-state index is 0.857. The first-order valence-electron chi connectivity index (χ1n) is 12.0. The molecule has 2 aromatic rings. The molecule has 0 unspecified atom stereocenters. The van der Waals surface area contributed by atoms with Crippen molar-refractivity contribution in [2.45, 2.75) is 25.7 Å². The molecule has 32 heavy (non-hydrogen) atoms. The van der Waals surface area contributed by atoms with E-state index in [4.69, 9.17) is 18.9 Å². The van der Waals surface area contributed by atoms with Crippen LogP contribution in [0, 0.1) is 0 Å². The highest BCUT2D eigenvalue weighted by Gasteiger charge is 2.14. The molecule has 2 saturated heterocycles. The van der Waals surface area contributed by atoms with Crippen molar-refractivity contribution in [3.63, 3.8) is 0 Å². The van der Waals surface area contributed by atoms with Gasteiger partial charge in [-0.1, -0.05) is 0 Å². The van der Waals surface area contributed by atoms with Gasteiger partial charge in [-0.2, -0.15) is 0 Å². The molecule has 0 saturated carbocycles. The van der Waals surface area contributed by atoms with Crippen molar-refractivity contribution in [1.82, 2.24) is 9.80 Å². The van der Waals surface area contributed by atoms with Gasteiger partial charge in [-0.25, -0.2) is 0 Å². The van der Waals surface area contributed by atoms with Crippen LogP contribution in [-0.2, 0) is 22.3 Å². The smallest absolute Gasteiger partial charge is 0.122 e. The maximum Gasteiger partial charge on any atom is 0.122 e. The standard InChI is InChI=1S/C26H38N2O4/c1-29-25-19-24-20-26(30-2)22(6-4-8-28-11-15-32-16-12-28)18-23(24)17-21(25)5-3-7-27-9-13-31-14-10-27/h17-20H,3-16H2,1-2H3. The topological polar surface area (TPSA) is 43.4 Å². The van der Waals surface area contributed by atoms with Gasteiger partial charge in [0, 0.05) is 26.2 Å². The zero-order valence-electron chi connectivity index (χ0n) is 19.7. The van der Waals surface area contributed by atoms with E-state index in [1.807, 2.05) is 0 Å². The van der Waals surface area contributed by atoms with Gasteiger partial charge < -0.3 is 18.9 Å². The molecule has 0 atom stereocenters. The predicted molar refractivity (Wildman–Crippen MR) is 128 cm³/mol. The Balaban J connectivity index is 1.44. The number of rotatable bonds is 10. The van der Waals surface area contributed by atoms with Crippen molar-refractivity contribution in [3.05, 3.63) is 35.4 Å². The average Bonchev–Trinajstić information content (AvgIpc) is 2.84. The van der Waals surface area contributed by atoms with Crippen molar-refractivity contribution in [1.29, 1.82) is 0 Å². The Morgan fingerprint density at radius 2 is 1.06 bits per heavy atom. The number of hydrogen-bond donors (Lipinski definition) is 0. The quantitative estimate of drug-likeness (QED) is 0.562. The summed E-state index contributed by atoms with van der Waals surface area (Å²) in [6.45, 7) is 9.82. The van der Waals surface area contributed by atoms with Crippen LogP contribution >= 0.6 is 0 Å². The van der Waals surface area contributed by atoms with E-state index >= 15 is 0 Å².